The minimum absolute atomic E-state index is 0.287. The zero-order valence-corrected chi connectivity index (χ0v) is 12.6. The second-order valence-electron chi connectivity index (χ2n) is 6.72. The van der Waals surface area contributed by atoms with E-state index in [0.717, 1.165) is 18.9 Å². The molecule has 0 saturated heterocycles. The summed E-state index contributed by atoms with van der Waals surface area (Å²) in [5, 5.41) is 0. The first kappa shape index (κ1) is 13.4. The molecule has 3 rings (SSSR count). The van der Waals surface area contributed by atoms with Crippen molar-refractivity contribution in [3.63, 3.8) is 0 Å². The zero-order chi connectivity index (χ0) is 14.2. The Hall–Kier alpha value is -1.61. The summed E-state index contributed by atoms with van der Waals surface area (Å²) in [5.74, 6) is 1.04. The van der Waals surface area contributed by atoms with Crippen LogP contribution in [0, 0.1) is 5.41 Å². The standard InChI is InChI=1S/C17H23N3/c1-16(2)12-17(16,14-7-5-4-6-8-14)13-20(3)11-15-18-9-10-19-15/h4-10H,11-13H2,1-3H3,(H,18,19)/t17-/m1/s1. The summed E-state index contributed by atoms with van der Waals surface area (Å²) < 4.78 is 0. The summed E-state index contributed by atoms with van der Waals surface area (Å²) in [5.41, 5.74) is 2.14. The van der Waals surface area contributed by atoms with Crippen molar-refractivity contribution in [2.24, 2.45) is 5.41 Å². The van der Waals surface area contributed by atoms with E-state index in [9.17, 15) is 0 Å². The molecule has 2 aromatic rings. The van der Waals surface area contributed by atoms with Gasteiger partial charge in [0.05, 0.1) is 6.54 Å². The highest BCUT2D eigenvalue weighted by Gasteiger charge is 2.61. The summed E-state index contributed by atoms with van der Waals surface area (Å²) in [6.07, 6.45) is 4.96. The largest absolute Gasteiger partial charge is 0.348 e. The molecule has 1 aliphatic rings. The molecule has 3 nitrogen and oxygen atoms in total. The van der Waals surface area contributed by atoms with Crippen LogP contribution in [-0.2, 0) is 12.0 Å². The van der Waals surface area contributed by atoms with Crippen LogP contribution in [0.4, 0.5) is 0 Å². The number of benzene rings is 1. The first-order chi connectivity index (χ1) is 9.53. The van der Waals surface area contributed by atoms with Gasteiger partial charge in [0.1, 0.15) is 5.82 Å². The normalized spacial score (nSPS) is 24.0. The number of rotatable bonds is 5. The van der Waals surface area contributed by atoms with Gasteiger partial charge in [0.25, 0.3) is 0 Å². The van der Waals surface area contributed by atoms with Crippen molar-refractivity contribution in [1.29, 1.82) is 0 Å². The average Bonchev–Trinajstić information content (AvgIpc) is 2.79. The second kappa shape index (κ2) is 4.74. The molecule has 0 amide bonds. The van der Waals surface area contributed by atoms with Crippen molar-refractivity contribution in [3.05, 3.63) is 54.1 Å². The van der Waals surface area contributed by atoms with Crippen LogP contribution < -0.4 is 0 Å². The Morgan fingerprint density at radius 1 is 1.25 bits per heavy atom. The van der Waals surface area contributed by atoms with Gasteiger partial charge in [-0.3, -0.25) is 4.90 Å². The number of aromatic amines is 1. The van der Waals surface area contributed by atoms with Gasteiger partial charge in [-0.05, 0) is 24.4 Å². The fourth-order valence-corrected chi connectivity index (χ4v) is 3.48. The molecule has 1 aromatic heterocycles. The molecule has 1 heterocycles. The van der Waals surface area contributed by atoms with Crippen molar-refractivity contribution >= 4 is 0 Å². The molecule has 1 atom stereocenters. The van der Waals surface area contributed by atoms with Crippen LogP contribution in [0.5, 0.6) is 0 Å². The van der Waals surface area contributed by atoms with Gasteiger partial charge in [-0.1, -0.05) is 44.2 Å². The van der Waals surface area contributed by atoms with Gasteiger partial charge in [-0.2, -0.15) is 0 Å². The van der Waals surface area contributed by atoms with E-state index < -0.39 is 0 Å². The SMILES string of the molecule is CN(Cc1ncc[nH]1)C[C@@]1(c2ccccc2)CC1(C)C. The van der Waals surface area contributed by atoms with Gasteiger partial charge >= 0.3 is 0 Å². The Bertz CT molecular complexity index is 559. The maximum Gasteiger partial charge on any atom is 0.120 e. The van der Waals surface area contributed by atoms with E-state index in [1.165, 1.54) is 12.0 Å². The predicted molar refractivity (Wildman–Crippen MR) is 81.4 cm³/mol. The molecule has 1 fully saturated rings. The predicted octanol–water partition coefficient (Wildman–Crippen LogP) is 3.21. The van der Waals surface area contributed by atoms with Crippen LogP contribution >= 0.6 is 0 Å². The van der Waals surface area contributed by atoms with E-state index in [4.69, 9.17) is 0 Å². The molecule has 106 valence electrons. The smallest absolute Gasteiger partial charge is 0.120 e. The lowest BCUT2D eigenvalue weighted by molar-refractivity contribution is 0.266. The molecule has 0 unspecified atom stereocenters. The van der Waals surface area contributed by atoms with E-state index in [1.54, 1.807) is 0 Å². The number of nitrogens with zero attached hydrogens (tertiary/aromatic N) is 2. The van der Waals surface area contributed by atoms with Crippen molar-refractivity contribution in [3.8, 4) is 0 Å². The van der Waals surface area contributed by atoms with Crippen molar-refractivity contribution in [1.82, 2.24) is 14.9 Å². The highest BCUT2D eigenvalue weighted by Crippen LogP contribution is 2.64. The molecular weight excluding hydrogens is 246 g/mol. The first-order valence-electron chi connectivity index (χ1n) is 7.26. The molecule has 0 bridgehead atoms. The van der Waals surface area contributed by atoms with Gasteiger partial charge in [0.15, 0.2) is 0 Å². The molecule has 1 saturated carbocycles. The van der Waals surface area contributed by atoms with Gasteiger partial charge < -0.3 is 4.98 Å². The van der Waals surface area contributed by atoms with Crippen LogP contribution in [0.25, 0.3) is 0 Å². The van der Waals surface area contributed by atoms with Crippen molar-refractivity contribution in [2.75, 3.05) is 13.6 Å². The molecule has 0 radical (unpaired) electrons. The first-order valence-corrected chi connectivity index (χ1v) is 7.26. The van der Waals surface area contributed by atoms with Crippen molar-refractivity contribution in [2.45, 2.75) is 32.2 Å². The monoisotopic (exact) mass is 269 g/mol. The Morgan fingerprint density at radius 3 is 2.50 bits per heavy atom. The highest BCUT2D eigenvalue weighted by atomic mass is 15.1. The van der Waals surface area contributed by atoms with Gasteiger partial charge in [-0.25, -0.2) is 4.98 Å². The second-order valence-corrected chi connectivity index (χ2v) is 6.72. The summed E-state index contributed by atoms with van der Waals surface area (Å²) in [6, 6.07) is 10.9. The lowest BCUT2D eigenvalue weighted by Gasteiger charge is -2.27. The van der Waals surface area contributed by atoms with Crippen LogP contribution in [0.2, 0.25) is 0 Å². The van der Waals surface area contributed by atoms with E-state index >= 15 is 0 Å². The Balaban J connectivity index is 1.76. The number of H-pyrrole nitrogens is 1. The average molecular weight is 269 g/mol. The molecule has 0 aliphatic heterocycles. The van der Waals surface area contributed by atoms with E-state index in [1.807, 2.05) is 12.4 Å². The van der Waals surface area contributed by atoms with Crippen LogP contribution in [0.3, 0.4) is 0 Å². The molecule has 1 N–H and O–H groups in total. The third-order valence-corrected chi connectivity index (χ3v) is 4.75. The quantitative estimate of drug-likeness (QED) is 0.904. The van der Waals surface area contributed by atoms with Gasteiger partial charge in [0.2, 0.25) is 0 Å². The number of hydrogen-bond donors (Lipinski definition) is 1. The third-order valence-electron chi connectivity index (χ3n) is 4.75. The Morgan fingerprint density at radius 2 is 1.95 bits per heavy atom. The topological polar surface area (TPSA) is 31.9 Å². The molecule has 20 heavy (non-hydrogen) atoms. The fourth-order valence-electron chi connectivity index (χ4n) is 3.48. The lowest BCUT2D eigenvalue weighted by atomic mass is 9.87. The number of likely N-dealkylation sites (N-methyl/N-ethyl adjacent to an activating group) is 1. The minimum Gasteiger partial charge on any atom is -0.348 e. The summed E-state index contributed by atoms with van der Waals surface area (Å²) in [7, 11) is 2.18. The number of hydrogen-bond acceptors (Lipinski definition) is 2. The number of nitrogens with one attached hydrogen (secondary N) is 1. The van der Waals surface area contributed by atoms with Crippen LogP contribution in [-0.4, -0.2) is 28.5 Å². The van der Waals surface area contributed by atoms with E-state index in [2.05, 4.69) is 66.1 Å². The van der Waals surface area contributed by atoms with Crippen LogP contribution in [0.15, 0.2) is 42.7 Å². The van der Waals surface area contributed by atoms with Gasteiger partial charge in [0, 0.05) is 24.4 Å². The van der Waals surface area contributed by atoms with Gasteiger partial charge in [-0.15, -0.1) is 0 Å². The maximum atomic E-state index is 4.32. The Labute approximate surface area is 121 Å². The van der Waals surface area contributed by atoms with Crippen molar-refractivity contribution < 1.29 is 0 Å². The van der Waals surface area contributed by atoms with Crippen LogP contribution in [0.1, 0.15) is 31.7 Å². The molecular formula is C17H23N3. The minimum atomic E-state index is 0.287. The molecule has 3 heteroatoms. The molecule has 1 aliphatic carbocycles. The lowest BCUT2D eigenvalue weighted by Crippen LogP contribution is -2.32. The highest BCUT2D eigenvalue weighted by molar-refractivity contribution is 5.37. The molecule has 1 aromatic carbocycles. The maximum absolute atomic E-state index is 4.32. The van der Waals surface area contributed by atoms with E-state index in [-0.39, 0.29) is 5.41 Å². The summed E-state index contributed by atoms with van der Waals surface area (Å²) >= 11 is 0. The molecule has 0 spiro atoms. The number of imidazole rings is 1. The third kappa shape index (κ3) is 2.27. The van der Waals surface area contributed by atoms with E-state index in [0.29, 0.717) is 5.41 Å². The Kier molecular flexibility index (Phi) is 3.17. The summed E-state index contributed by atoms with van der Waals surface area (Å²) in [4.78, 5) is 9.88. The zero-order valence-electron chi connectivity index (χ0n) is 12.6. The summed E-state index contributed by atoms with van der Waals surface area (Å²) in [6.45, 7) is 6.70. The fraction of sp³-hybridized carbons (Fsp3) is 0.471. The number of aromatic nitrogens is 2.